The molecular formula is C16H24O4. The molecule has 0 saturated carbocycles. The summed E-state index contributed by atoms with van der Waals surface area (Å²) in [5.74, 6) is -0.401. The van der Waals surface area contributed by atoms with Crippen LogP contribution in [0.3, 0.4) is 0 Å². The van der Waals surface area contributed by atoms with Crippen LogP contribution in [0, 0.1) is 0 Å². The summed E-state index contributed by atoms with van der Waals surface area (Å²) in [6, 6.07) is 0. The van der Waals surface area contributed by atoms with Crippen molar-refractivity contribution in [1.29, 1.82) is 0 Å². The molecule has 0 amide bonds. The highest BCUT2D eigenvalue weighted by molar-refractivity contribution is 5.75. The average Bonchev–Trinajstić information content (AvgIpc) is 2.40. The van der Waals surface area contributed by atoms with E-state index in [0.29, 0.717) is 12.8 Å². The minimum Gasteiger partial charge on any atom is -0.459 e. The molecule has 0 aromatic rings. The molecule has 1 aliphatic carbocycles. The van der Waals surface area contributed by atoms with Gasteiger partial charge < -0.3 is 14.3 Å². The van der Waals surface area contributed by atoms with E-state index in [1.54, 1.807) is 0 Å². The smallest absolute Gasteiger partial charge is 0.335 e. The maximum atomic E-state index is 12.1. The number of carbonyl (C=O) groups is 2. The van der Waals surface area contributed by atoms with Crippen molar-refractivity contribution in [3.05, 3.63) is 23.8 Å². The molecule has 1 atom stereocenters. The van der Waals surface area contributed by atoms with Crippen LogP contribution in [0.4, 0.5) is 0 Å². The van der Waals surface area contributed by atoms with E-state index in [2.05, 4.69) is 12.2 Å². The fourth-order valence-electron chi connectivity index (χ4n) is 1.89. The van der Waals surface area contributed by atoms with Gasteiger partial charge in [-0.05, 0) is 45.6 Å². The van der Waals surface area contributed by atoms with Crippen LogP contribution in [0.15, 0.2) is 23.8 Å². The van der Waals surface area contributed by atoms with Crippen molar-refractivity contribution in [2.24, 2.45) is 0 Å². The van der Waals surface area contributed by atoms with Crippen LogP contribution < -0.4 is 0 Å². The lowest BCUT2D eigenvalue weighted by Crippen LogP contribution is -2.35. The Labute approximate surface area is 120 Å². The van der Waals surface area contributed by atoms with Crippen molar-refractivity contribution < 1.29 is 19.1 Å². The molecular weight excluding hydrogens is 256 g/mol. The minimum atomic E-state index is -0.687. The quantitative estimate of drug-likeness (QED) is 0.531. The molecule has 0 radical (unpaired) electrons. The van der Waals surface area contributed by atoms with Crippen molar-refractivity contribution in [2.45, 2.75) is 58.2 Å². The molecule has 1 aliphatic rings. The highest BCUT2D eigenvalue weighted by atomic mass is 16.6. The molecule has 4 heteroatoms. The van der Waals surface area contributed by atoms with Gasteiger partial charge in [0.1, 0.15) is 12.9 Å². The van der Waals surface area contributed by atoms with Crippen LogP contribution in [-0.4, -0.2) is 30.6 Å². The third-order valence-corrected chi connectivity index (χ3v) is 2.76. The maximum absolute atomic E-state index is 12.1. The van der Waals surface area contributed by atoms with Gasteiger partial charge in [0.25, 0.3) is 0 Å². The SMILES string of the molecule is CC(C)(C)OC(CCC=O)C(=O)OCC1=CCCC=C1. The number of aldehydes is 1. The predicted octanol–water partition coefficient (Wildman–Crippen LogP) is 2.97. The summed E-state index contributed by atoms with van der Waals surface area (Å²) in [7, 11) is 0. The van der Waals surface area contributed by atoms with Crippen LogP contribution in [-0.2, 0) is 19.1 Å². The van der Waals surface area contributed by atoms with Gasteiger partial charge in [-0.15, -0.1) is 0 Å². The number of hydrogen-bond donors (Lipinski definition) is 0. The Morgan fingerprint density at radius 1 is 1.40 bits per heavy atom. The van der Waals surface area contributed by atoms with E-state index >= 15 is 0 Å². The molecule has 112 valence electrons. The second kappa shape index (κ2) is 8.00. The summed E-state index contributed by atoms with van der Waals surface area (Å²) >= 11 is 0. The van der Waals surface area contributed by atoms with E-state index in [9.17, 15) is 9.59 Å². The van der Waals surface area contributed by atoms with Crippen molar-refractivity contribution in [1.82, 2.24) is 0 Å². The number of carbonyl (C=O) groups excluding carboxylic acids is 2. The third-order valence-electron chi connectivity index (χ3n) is 2.76. The Kier molecular flexibility index (Phi) is 6.65. The number of hydrogen-bond acceptors (Lipinski definition) is 4. The molecule has 1 unspecified atom stereocenters. The summed E-state index contributed by atoms with van der Waals surface area (Å²) in [6.07, 6.45) is 8.88. The molecule has 0 saturated heterocycles. The Bertz CT molecular complexity index is 388. The van der Waals surface area contributed by atoms with E-state index in [1.807, 2.05) is 26.8 Å². The zero-order valence-electron chi connectivity index (χ0n) is 12.6. The number of rotatable bonds is 7. The fourth-order valence-corrected chi connectivity index (χ4v) is 1.89. The molecule has 0 spiro atoms. The van der Waals surface area contributed by atoms with Gasteiger partial charge >= 0.3 is 5.97 Å². The first-order chi connectivity index (χ1) is 9.42. The lowest BCUT2D eigenvalue weighted by atomic mass is 10.1. The maximum Gasteiger partial charge on any atom is 0.335 e. The minimum absolute atomic E-state index is 0.264. The topological polar surface area (TPSA) is 52.6 Å². The van der Waals surface area contributed by atoms with Gasteiger partial charge in [-0.3, -0.25) is 0 Å². The molecule has 0 heterocycles. The second-order valence-electron chi connectivity index (χ2n) is 5.83. The van der Waals surface area contributed by atoms with E-state index in [0.717, 1.165) is 24.7 Å². The van der Waals surface area contributed by atoms with E-state index in [1.165, 1.54) is 0 Å². The monoisotopic (exact) mass is 280 g/mol. The first kappa shape index (κ1) is 16.6. The van der Waals surface area contributed by atoms with Gasteiger partial charge in [0.15, 0.2) is 6.10 Å². The van der Waals surface area contributed by atoms with E-state index in [4.69, 9.17) is 9.47 Å². The molecule has 0 fully saturated rings. The van der Waals surface area contributed by atoms with Crippen LogP contribution in [0.25, 0.3) is 0 Å². The first-order valence-corrected chi connectivity index (χ1v) is 7.06. The summed E-state index contributed by atoms with van der Waals surface area (Å²) in [5, 5.41) is 0. The van der Waals surface area contributed by atoms with Gasteiger partial charge in [-0.2, -0.15) is 0 Å². The molecule has 20 heavy (non-hydrogen) atoms. The molecule has 4 nitrogen and oxygen atoms in total. The van der Waals surface area contributed by atoms with Gasteiger partial charge in [0, 0.05) is 6.42 Å². The summed E-state index contributed by atoms with van der Waals surface area (Å²) in [5.41, 5.74) is 0.561. The normalized spacial score (nSPS) is 16.4. The van der Waals surface area contributed by atoms with Crippen molar-refractivity contribution in [3.63, 3.8) is 0 Å². The van der Waals surface area contributed by atoms with Crippen LogP contribution in [0.1, 0.15) is 46.5 Å². The molecule has 0 aliphatic heterocycles. The summed E-state index contributed by atoms with van der Waals surface area (Å²) in [6.45, 7) is 5.89. The molecule has 0 aromatic carbocycles. The second-order valence-corrected chi connectivity index (χ2v) is 5.83. The largest absolute Gasteiger partial charge is 0.459 e. The molecule has 0 N–H and O–H groups in total. The Morgan fingerprint density at radius 2 is 2.15 bits per heavy atom. The Balaban J connectivity index is 2.51. The fraction of sp³-hybridized carbons (Fsp3) is 0.625. The van der Waals surface area contributed by atoms with Crippen molar-refractivity contribution in [3.8, 4) is 0 Å². The van der Waals surface area contributed by atoms with Crippen molar-refractivity contribution >= 4 is 12.3 Å². The molecule has 1 rings (SSSR count). The summed E-state index contributed by atoms with van der Waals surface area (Å²) in [4.78, 5) is 22.5. The van der Waals surface area contributed by atoms with Crippen LogP contribution in [0.5, 0.6) is 0 Å². The number of allylic oxidation sites excluding steroid dienone is 2. The third kappa shape index (κ3) is 6.66. The molecule has 0 bridgehead atoms. The zero-order chi connectivity index (χ0) is 15.0. The lowest BCUT2D eigenvalue weighted by molar-refractivity contribution is -0.166. The van der Waals surface area contributed by atoms with Gasteiger partial charge in [0.2, 0.25) is 0 Å². The highest BCUT2D eigenvalue weighted by Crippen LogP contribution is 2.16. The first-order valence-electron chi connectivity index (χ1n) is 7.06. The van der Waals surface area contributed by atoms with Crippen molar-refractivity contribution in [2.75, 3.05) is 6.61 Å². The van der Waals surface area contributed by atoms with Crippen LogP contribution >= 0.6 is 0 Å². The molecule has 0 aromatic heterocycles. The predicted molar refractivity (Wildman–Crippen MR) is 77.3 cm³/mol. The number of esters is 1. The summed E-state index contributed by atoms with van der Waals surface area (Å²) < 4.78 is 11.0. The Morgan fingerprint density at radius 3 is 2.70 bits per heavy atom. The van der Waals surface area contributed by atoms with Crippen LogP contribution in [0.2, 0.25) is 0 Å². The van der Waals surface area contributed by atoms with E-state index < -0.39 is 17.7 Å². The zero-order valence-corrected chi connectivity index (χ0v) is 12.6. The lowest BCUT2D eigenvalue weighted by Gasteiger charge is -2.26. The van der Waals surface area contributed by atoms with Gasteiger partial charge in [-0.1, -0.05) is 18.2 Å². The van der Waals surface area contributed by atoms with Gasteiger partial charge in [-0.25, -0.2) is 4.79 Å². The van der Waals surface area contributed by atoms with E-state index in [-0.39, 0.29) is 6.61 Å². The van der Waals surface area contributed by atoms with Gasteiger partial charge in [0.05, 0.1) is 5.60 Å². The standard InChI is InChI=1S/C16H24O4/c1-16(2,3)20-14(10-7-11-17)15(18)19-12-13-8-5-4-6-9-13/h5,8-9,11,14H,4,6-7,10,12H2,1-3H3. The Hall–Kier alpha value is -1.42. The average molecular weight is 280 g/mol. The number of ether oxygens (including phenoxy) is 2. The highest BCUT2D eigenvalue weighted by Gasteiger charge is 2.26.